The third kappa shape index (κ3) is 3.36. The summed E-state index contributed by atoms with van der Waals surface area (Å²) in [5.41, 5.74) is 0. The van der Waals surface area contributed by atoms with Crippen molar-refractivity contribution in [3.8, 4) is 0 Å². The van der Waals surface area contributed by atoms with Gasteiger partial charge in [0.25, 0.3) is 5.91 Å². The van der Waals surface area contributed by atoms with Gasteiger partial charge in [-0.15, -0.1) is 11.3 Å². The maximum atomic E-state index is 12.2. The van der Waals surface area contributed by atoms with E-state index in [2.05, 4.69) is 10.2 Å². The maximum absolute atomic E-state index is 12.2. The van der Waals surface area contributed by atoms with Crippen LogP contribution in [0.25, 0.3) is 0 Å². The summed E-state index contributed by atoms with van der Waals surface area (Å²) < 4.78 is 5.56. The zero-order valence-electron chi connectivity index (χ0n) is 12.2. The van der Waals surface area contributed by atoms with Gasteiger partial charge in [0, 0.05) is 11.4 Å². The topological polar surface area (TPSA) is 45.5 Å². The third-order valence-corrected chi connectivity index (χ3v) is 4.87. The van der Waals surface area contributed by atoms with Crippen LogP contribution in [0.5, 0.6) is 0 Å². The summed E-state index contributed by atoms with van der Waals surface area (Å²) in [6.07, 6.45) is 4.13. The van der Waals surface area contributed by atoms with Crippen LogP contribution < -0.4 is 5.32 Å². The normalized spacial score (nSPS) is 17.0. The molecule has 0 saturated carbocycles. The molecule has 3 heterocycles. The van der Waals surface area contributed by atoms with Crippen molar-refractivity contribution < 1.29 is 9.21 Å². The fourth-order valence-corrected chi connectivity index (χ4v) is 3.56. The van der Waals surface area contributed by atoms with Crippen LogP contribution in [0.15, 0.2) is 34.9 Å². The van der Waals surface area contributed by atoms with Crippen molar-refractivity contribution in [2.24, 2.45) is 0 Å². The second-order valence-electron chi connectivity index (χ2n) is 5.39. The maximum Gasteiger partial charge on any atom is 0.261 e. The van der Waals surface area contributed by atoms with E-state index in [1.54, 1.807) is 6.26 Å². The van der Waals surface area contributed by atoms with Crippen molar-refractivity contribution in [2.45, 2.75) is 25.8 Å². The van der Waals surface area contributed by atoms with Crippen LogP contribution in [0.1, 0.15) is 39.2 Å². The van der Waals surface area contributed by atoms with Crippen molar-refractivity contribution in [3.05, 3.63) is 46.0 Å². The Hall–Kier alpha value is -1.59. The van der Waals surface area contributed by atoms with E-state index in [1.807, 2.05) is 31.2 Å². The van der Waals surface area contributed by atoms with E-state index in [4.69, 9.17) is 4.42 Å². The van der Waals surface area contributed by atoms with E-state index in [9.17, 15) is 4.79 Å². The summed E-state index contributed by atoms with van der Waals surface area (Å²) in [5, 5.41) is 3.05. The molecule has 0 aliphatic carbocycles. The van der Waals surface area contributed by atoms with Crippen LogP contribution >= 0.6 is 11.3 Å². The van der Waals surface area contributed by atoms with Gasteiger partial charge in [0.15, 0.2) is 0 Å². The van der Waals surface area contributed by atoms with Crippen molar-refractivity contribution in [1.82, 2.24) is 10.2 Å². The first kappa shape index (κ1) is 14.4. The molecule has 1 N–H and O–H groups in total. The smallest absolute Gasteiger partial charge is 0.261 e. The molecule has 0 aromatic carbocycles. The molecule has 4 nitrogen and oxygen atoms in total. The van der Waals surface area contributed by atoms with Crippen molar-refractivity contribution in [1.29, 1.82) is 0 Å². The molecule has 1 aliphatic heterocycles. The van der Waals surface area contributed by atoms with E-state index in [0.717, 1.165) is 28.6 Å². The van der Waals surface area contributed by atoms with Crippen LogP contribution in [-0.4, -0.2) is 30.4 Å². The number of amides is 1. The second kappa shape index (κ2) is 6.45. The fourth-order valence-electron chi connectivity index (χ4n) is 2.78. The number of nitrogens with zero attached hydrogens (tertiary/aromatic N) is 1. The quantitative estimate of drug-likeness (QED) is 0.922. The van der Waals surface area contributed by atoms with Gasteiger partial charge in [-0.1, -0.05) is 0 Å². The number of nitrogens with one attached hydrogen (secondary N) is 1. The van der Waals surface area contributed by atoms with Gasteiger partial charge in [-0.05, 0) is 57.1 Å². The molecule has 1 fully saturated rings. The minimum Gasteiger partial charge on any atom is -0.468 e. The highest BCUT2D eigenvalue weighted by Crippen LogP contribution is 2.25. The Kier molecular flexibility index (Phi) is 4.41. The standard InChI is InChI=1S/C16H20N2O2S/c1-12-6-7-15(21-12)16(19)17-11-13(14-5-4-10-20-14)18-8-2-3-9-18/h4-7,10,13H,2-3,8-9,11H2,1H3,(H,17,19). The minimum atomic E-state index is 0.00357. The molecule has 5 heteroatoms. The van der Waals surface area contributed by atoms with Crippen LogP contribution in [0.2, 0.25) is 0 Å². The van der Waals surface area contributed by atoms with Gasteiger partial charge in [0.05, 0.1) is 17.2 Å². The summed E-state index contributed by atoms with van der Waals surface area (Å²) in [5.74, 6) is 0.934. The lowest BCUT2D eigenvalue weighted by atomic mass is 10.2. The molecular weight excluding hydrogens is 284 g/mol. The van der Waals surface area contributed by atoms with Crippen LogP contribution in [0.3, 0.4) is 0 Å². The summed E-state index contributed by atoms with van der Waals surface area (Å²) in [6, 6.07) is 7.89. The van der Waals surface area contributed by atoms with Gasteiger partial charge in [0.2, 0.25) is 0 Å². The van der Waals surface area contributed by atoms with Gasteiger partial charge in [-0.25, -0.2) is 0 Å². The summed E-state index contributed by atoms with van der Waals surface area (Å²) >= 11 is 1.53. The highest BCUT2D eigenvalue weighted by Gasteiger charge is 2.26. The molecule has 1 aliphatic rings. The number of likely N-dealkylation sites (tertiary alicyclic amines) is 1. The summed E-state index contributed by atoms with van der Waals surface area (Å²) in [6.45, 7) is 4.74. The first-order valence-electron chi connectivity index (χ1n) is 7.36. The molecule has 112 valence electrons. The Labute approximate surface area is 128 Å². The SMILES string of the molecule is Cc1ccc(C(=O)NCC(c2ccco2)N2CCCC2)s1. The van der Waals surface area contributed by atoms with Crippen molar-refractivity contribution in [3.63, 3.8) is 0 Å². The van der Waals surface area contributed by atoms with Gasteiger partial charge in [0.1, 0.15) is 5.76 Å². The number of carbonyl (C=O) groups excluding carboxylic acids is 1. The molecule has 2 aromatic heterocycles. The lowest BCUT2D eigenvalue weighted by Gasteiger charge is -2.25. The van der Waals surface area contributed by atoms with E-state index >= 15 is 0 Å². The zero-order chi connectivity index (χ0) is 14.7. The number of aryl methyl sites for hydroxylation is 1. The van der Waals surface area contributed by atoms with Crippen LogP contribution in [-0.2, 0) is 0 Å². The Morgan fingerprint density at radius 1 is 1.38 bits per heavy atom. The van der Waals surface area contributed by atoms with Crippen LogP contribution in [0.4, 0.5) is 0 Å². The monoisotopic (exact) mass is 304 g/mol. The highest BCUT2D eigenvalue weighted by atomic mass is 32.1. The predicted octanol–water partition coefficient (Wildman–Crippen LogP) is 3.22. The Bertz CT molecular complexity index is 585. The molecule has 21 heavy (non-hydrogen) atoms. The molecule has 1 unspecified atom stereocenters. The fraction of sp³-hybridized carbons (Fsp3) is 0.438. The zero-order valence-corrected chi connectivity index (χ0v) is 13.0. The molecule has 1 atom stereocenters. The molecule has 3 rings (SSSR count). The molecule has 0 bridgehead atoms. The number of hydrogen-bond donors (Lipinski definition) is 1. The average Bonchev–Trinajstić information content (AvgIpc) is 3.21. The Balaban J connectivity index is 1.66. The number of rotatable bonds is 5. The van der Waals surface area contributed by atoms with E-state index < -0.39 is 0 Å². The van der Waals surface area contributed by atoms with Crippen molar-refractivity contribution in [2.75, 3.05) is 19.6 Å². The Morgan fingerprint density at radius 3 is 2.81 bits per heavy atom. The highest BCUT2D eigenvalue weighted by molar-refractivity contribution is 7.13. The first-order chi connectivity index (χ1) is 10.2. The summed E-state index contributed by atoms with van der Waals surface area (Å²) in [7, 11) is 0. The number of carbonyl (C=O) groups is 1. The molecule has 0 radical (unpaired) electrons. The van der Waals surface area contributed by atoms with Crippen LogP contribution in [0, 0.1) is 6.92 Å². The molecule has 0 spiro atoms. The molecule has 2 aromatic rings. The number of thiophene rings is 1. The number of hydrogen-bond acceptors (Lipinski definition) is 4. The predicted molar refractivity (Wildman–Crippen MR) is 83.6 cm³/mol. The lowest BCUT2D eigenvalue weighted by Crippen LogP contribution is -2.36. The van der Waals surface area contributed by atoms with Gasteiger partial charge < -0.3 is 9.73 Å². The number of furan rings is 1. The third-order valence-electron chi connectivity index (χ3n) is 3.87. The minimum absolute atomic E-state index is 0.00357. The van der Waals surface area contributed by atoms with Gasteiger partial charge in [-0.3, -0.25) is 9.69 Å². The van der Waals surface area contributed by atoms with Gasteiger partial charge >= 0.3 is 0 Å². The molecular formula is C16H20N2O2S. The first-order valence-corrected chi connectivity index (χ1v) is 8.18. The molecule has 1 amide bonds. The lowest BCUT2D eigenvalue weighted by molar-refractivity contribution is 0.0938. The van der Waals surface area contributed by atoms with E-state index in [0.29, 0.717) is 6.54 Å². The molecule has 1 saturated heterocycles. The van der Waals surface area contributed by atoms with Gasteiger partial charge in [-0.2, -0.15) is 0 Å². The van der Waals surface area contributed by atoms with E-state index in [-0.39, 0.29) is 11.9 Å². The Morgan fingerprint density at radius 2 is 2.19 bits per heavy atom. The largest absolute Gasteiger partial charge is 0.468 e. The van der Waals surface area contributed by atoms with Crippen molar-refractivity contribution >= 4 is 17.2 Å². The summed E-state index contributed by atoms with van der Waals surface area (Å²) in [4.78, 5) is 16.5. The average molecular weight is 304 g/mol. The second-order valence-corrected chi connectivity index (χ2v) is 6.68. The van der Waals surface area contributed by atoms with E-state index in [1.165, 1.54) is 24.2 Å².